The van der Waals surface area contributed by atoms with Gasteiger partial charge >= 0.3 is 6.18 Å². The average Bonchev–Trinajstić information content (AvgIpc) is 2.37. The Hall–Kier alpha value is -1.88. The molecule has 0 aliphatic rings. The van der Waals surface area contributed by atoms with Crippen LogP contribution in [0.2, 0.25) is 0 Å². The number of nitrogens with one attached hydrogen (secondary N) is 1. The van der Waals surface area contributed by atoms with Crippen LogP contribution in [-0.4, -0.2) is 33.5 Å². The summed E-state index contributed by atoms with van der Waals surface area (Å²) in [6, 6.07) is 2.00. The molecule has 118 valence electrons. The molecule has 0 heterocycles. The lowest BCUT2D eigenvalue weighted by atomic mass is 10.1. The van der Waals surface area contributed by atoms with E-state index < -0.39 is 40.8 Å². The largest absolute Gasteiger partial charge is 0.733 e. The van der Waals surface area contributed by atoms with Crippen LogP contribution in [-0.2, 0) is 11.0 Å². The Labute approximate surface area is 116 Å². The molecule has 1 aromatic carbocycles. The number of hydrogen-bond donors (Lipinski definition) is 4. The average molecular weight is 309 g/mol. The van der Waals surface area contributed by atoms with Crippen molar-refractivity contribution in [1.82, 2.24) is 0 Å². The molecule has 0 saturated heterocycles. The monoisotopic (exact) mass is 309 g/mol. The molecule has 0 aliphatic heterocycles. The van der Waals surface area contributed by atoms with Crippen LogP contribution in [0.1, 0.15) is 12.5 Å². The molecule has 4 N–H and O–H groups in total. The number of carbonyl (C=O) groups is 1. The van der Waals surface area contributed by atoms with Gasteiger partial charge in [0.15, 0.2) is 5.60 Å². The molecule has 1 atom stereocenters. The van der Waals surface area contributed by atoms with Crippen molar-refractivity contribution < 1.29 is 33.4 Å². The van der Waals surface area contributed by atoms with Gasteiger partial charge in [-0.25, -0.2) is 0 Å². The van der Waals surface area contributed by atoms with Crippen molar-refractivity contribution in [3.63, 3.8) is 0 Å². The minimum atomic E-state index is -4.94. The van der Waals surface area contributed by atoms with Gasteiger partial charge in [0.05, 0.1) is 17.9 Å². The number of nitrogens with zero attached hydrogens (tertiary/aromatic N) is 1. The number of benzene rings is 1. The van der Waals surface area contributed by atoms with Crippen LogP contribution in [0, 0.1) is 5.21 Å². The van der Waals surface area contributed by atoms with Gasteiger partial charge in [-0.1, -0.05) is 0 Å². The topological polar surface area (TPSA) is 116 Å². The van der Waals surface area contributed by atoms with Gasteiger partial charge in [-0.05, 0) is 25.1 Å². The number of halogens is 3. The Morgan fingerprint density at radius 1 is 1.43 bits per heavy atom. The van der Waals surface area contributed by atoms with Crippen LogP contribution >= 0.6 is 0 Å². The third-order valence-electron chi connectivity index (χ3n) is 2.56. The van der Waals surface area contributed by atoms with Crippen LogP contribution in [0.3, 0.4) is 0 Å². The Bertz CT molecular complexity index is 531. The molecule has 0 saturated carbocycles. The molecule has 0 fully saturated rings. The van der Waals surface area contributed by atoms with E-state index in [1.165, 1.54) is 0 Å². The van der Waals surface area contributed by atoms with E-state index in [4.69, 9.17) is 10.3 Å². The first-order chi connectivity index (χ1) is 9.49. The van der Waals surface area contributed by atoms with Gasteiger partial charge in [-0.2, -0.15) is 13.2 Å². The predicted molar refractivity (Wildman–Crippen MR) is 65.4 cm³/mol. The van der Waals surface area contributed by atoms with Crippen LogP contribution in [0.15, 0.2) is 18.2 Å². The standard InChI is InChI=1S/C11H12F3N2O5/c1-10(19,5-17)9(18)15-6-2-3-8(16(20)21)7(4-6)11(12,13)14/h2-4,17,19-20H,5H2,1H3,(H,15,18)/q-1/t10-/m0/s1. The number of carbonyl (C=O) groups excluding carboxylic acids is 1. The number of amides is 1. The van der Waals surface area contributed by atoms with Crippen molar-refractivity contribution in [3.05, 3.63) is 29.0 Å². The highest BCUT2D eigenvalue weighted by atomic mass is 19.4. The van der Waals surface area contributed by atoms with Crippen molar-refractivity contribution in [2.45, 2.75) is 18.7 Å². The molecule has 7 nitrogen and oxygen atoms in total. The summed E-state index contributed by atoms with van der Waals surface area (Å²) >= 11 is 0. The van der Waals surface area contributed by atoms with Crippen LogP contribution in [0.25, 0.3) is 0 Å². The highest BCUT2D eigenvalue weighted by Gasteiger charge is 2.35. The van der Waals surface area contributed by atoms with E-state index >= 15 is 0 Å². The van der Waals surface area contributed by atoms with E-state index in [0.29, 0.717) is 12.1 Å². The number of anilines is 2. The van der Waals surface area contributed by atoms with E-state index in [0.717, 1.165) is 13.0 Å². The number of aliphatic hydroxyl groups is 2. The second kappa shape index (κ2) is 5.85. The maximum Gasteiger partial charge on any atom is 0.418 e. The summed E-state index contributed by atoms with van der Waals surface area (Å²) in [5.74, 6) is -1.13. The van der Waals surface area contributed by atoms with E-state index in [1.54, 1.807) is 0 Å². The molecule has 1 rings (SSSR count). The molecule has 1 amide bonds. The maximum atomic E-state index is 12.7. The fourth-order valence-electron chi connectivity index (χ4n) is 1.35. The summed E-state index contributed by atoms with van der Waals surface area (Å²) in [6.07, 6.45) is -4.94. The molecule has 0 spiro atoms. The van der Waals surface area contributed by atoms with Crippen molar-refractivity contribution in [2.24, 2.45) is 0 Å². The zero-order valence-electron chi connectivity index (χ0n) is 10.7. The van der Waals surface area contributed by atoms with Gasteiger partial charge < -0.3 is 26.0 Å². The summed E-state index contributed by atoms with van der Waals surface area (Å²) in [7, 11) is 0. The van der Waals surface area contributed by atoms with E-state index in [2.05, 4.69) is 0 Å². The fraction of sp³-hybridized carbons (Fsp3) is 0.364. The third-order valence-corrected chi connectivity index (χ3v) is 2.56. The minimum absolute atomic E-state index is 0.369. The molecule has 0 bridgehead atoms. The van der Waals surface area contributed by atoms with Gasteiger partial charge in [-0.15, -0.1) is 0 Å². The first-order valence-electron chi connectivity index (χ1n) is 5.51. The smallest absolute Gasteiger partial charge is 0.418 e. The highest BCUT2D eigenvalue weighted by molar-refractivity contribution is 5.97. The SMILES string of the molecule is C[C@](O)(CO)C(=O)Nc1ccc(N([O-])O)c(C(F)(F)F)c1. The molecule has 1 aromatic rings. The normalized spacial score (nSPS) is 14.5. The molecular weight excluding hydrogens is 297 g/mol. The van der Waals surface area contributed by atoms with Crippen molar-refractivity contribution in [1.29, 1.82) is 0 Å². The van der Waals surface area contributed by atoms with E-state index in [-0.39, 0.29) is 5.69 Å². The minimum Gasteiger partial charge on any atom is -0.733 e. The number of alkyl halides is 3. The molecule has 0 unspecified atom stereocenters. The van der Waals surface area contributed by atoms with Crippen molar-refractivity contribution >= 4 is 17.3 Å². The quantitative estimate of drug-likeness (QED) is 0.619. The van der Waals surface area contributed by atoms with Crippen LogP contribution in [0.5, 0.6) is 0 Å². The maximum absolute atomic E-state index is 12.7. The molecule has 0 aliphatic carbocycles. The van der Waals surface area contributed by atoms with E-state index in [1.807, 2.05) is 5.32 Å². The number of hydrogen-bond acceptors (Lipinski definition) is 6. The third kappa shape index (κ3) is 4.04. The van der Waals surface area contributed by atoms with Gasteiger partial charge in [0.25, 0.3) is 5.91 Å². The van der Waals surface area contributed by atoms with Crippen molar-refractivity contribution in [3.8, 4) is 0 Å². The summed E-state index contributed by atoms with van der Waals surface area (Å²) in [5.41, 5.74) is -5.07. The lowest BCUT2D eigenvalue weighted by Gasteiger charge is -2.26. The Morgan fingerprint density at radius 2 is 2.00 bits per heavy atom. The Kier molecular flexibility index (Phi) is 4.79. The Balaban J connectivity index is 3.15. The summed E-state index contributed by atoms with van der Waals surface area (Å²) in [6.45, 7) is 0.0303. The first-order valence-corrected chi connectivity index (χ1v) is 5.51. The van der Waals surface area contributed by atoms with Gasteiger partial charge in [0, 0.05) is 5.69 Å². The zero-order chi connectivity index (χ0) is 16.4. The molecule has 10 heteroatoms. The second-order valence-corrected chi connectivity index (χ2v) is 4.39. The van der Waals surface area contributed by atoms with Gasteiger partial charge in [0.1, 0.15) is 0 Å². The lowest BCUT2D eigenvalue weighted by Crippen LogP contribution is -2.43. The Morgan fingerprint density at radius 3 is 2.43 bits per heavy atom. The van der Waals surface area contributed by atoms with Gasteiger partial charge in [-0.3, -0.25) is 10.0 Å². The highest BCUT2D eigenvalue weighted by Crippen LogP contribution is 2.37. The molecule has 0 aromatic heterocycles. The molecular formula is C11H12F3N2O5-. The molecule has 0 radical (unpaired) electrons. The van der Waals surface area contributed by atoms with Crippen LogP contribution in [0.4, 0.5) is 24.5 Å². The zero-order valence-corrected chi connectivity index (χ0v) is 10.7. The number of aliphatic hydroxyl groups excluding tert-OH is 1. The summed E-state index contributed by atoms with van der Waals surface area (Å²) in [5, 5.41) is 38.5. The lowest BCUT2D eigenvalue weighted by molar-refractivity contribution is -0.138. The fourth-order valence-corrected chi connectivity index (χ4v) is 1.35. The predicted octanol–water partition coefficient (Wildman–Crippen LogP) is 1.08. The summed E-state index contributed by atoms with van der Waals surface area (Å²) in [4.78, 5) is 11.5. The number of rotatable bonds is 4. The second-order valence-electron chi connectivity index (χ2n) is 4.39. The van der Waals surface area contributed by atoms with Crippen molar-refractivity contribution in [2.75, 3.05) is 17.2 Å². The summed E-state index contributed by atoms with van der Waals surface area (Å²) < 4.78 is 38.2. The first kappa shape index (κ1) is 17.2. The van der Waals surface area contributed by atoms with E-state index in [9.17, 15) is 28.3 Å². The van der Waals surface area contributed by atoms with Gasteiger partial charge in [0.2, 0.25) is 0 Å². The molecule has 21 heavy (non-hydrogen) atoms. The van der Waals surface area contributed by atoms with Crippen LogP contribution < -0.4 is 10.5 Å².